The van der Waals surface area contributed by atoms with E-state index in [2.05, 4.69) is 21.3 Å². The van der Waals surface area contributed by atoms with Gasteiger partial charge in [-0.05, 0) is 98.5 Å². The lowest BCUT2D eigenvalue weighted by Crippen LogP contribution is -2.42. The molecule has 4 aromatic carbocycles. The predicted molar refractivity (Wildman–Crippen MR) is 272 cm³/mol. The molecule has 372 valence electrons. The van der Waals surface area contributed by atoms with Gasteiger partial charge in [0.2, 0.25) is 0 Å². The number of nitrogens with two attached hydrogens (primary N) is 1. The molecule has 0 bridgehead atoms. The molecule has 2 amide bonds. The number of para-hydroxylation sites is 1. The predicted octanol–water partition coefficient (Wildman–Crippen LogP) is 6.99. The molecule has 0 atom stereocenters. The maximum absolute atomic E-state index is 13.2. The van der Waals surface area contributed by atoms with E-state index in [9.17, 15) is 46.7 Å². The molecule has 0 aliphatic carbocycles. The van der Waals surface area contributed by atoms with Gasteiger partial charge in [-0.3, -0.25) is 35.2 Å². The molecule has 2 aliphatic heterocycles. The van der Waals surface area contributed by atoms with E-state index >= 15 is 0 Å². The smallest absolute Gasteiger partial charge is 0.269 e. The summed E-state index contributed by atoms with van der Waals surface area (Å²) in [6.45, 7) is 1.93. The number of amides is 2. The summed E-state index contributed by atoms with van der Waals surface area (Å²) in [5.74, 6) is -0.803. The normalized spacial score (nSPS) is 14.9. The largest absolute Gasteiger partial charge is 0.384 e. The van der Waals surface area contributed by atoms with Gasteiger partial charge in [0.05, 0.1) is 22.9 Å². The zero-order chi connectivity index (χ0) is 50.7. The van der Waals surface area contributed by atoms with E-state index in [0.29, 0.717) is 59.9 Å². The number of carbonyl (C=O) groups excluding carboxylic acids is 2. The molecule has 0 spiro atoms. The van der Waals surface area contributed by atoms with Crippen molar-refractivity contribution in [1.29, 1.82) is 5.41 Å². The van der Waals surface area contributed by atoms with Crippen LogP contribution in [0.4, 0.5) is 22.7 Å². The second-order valence-corrected chi connectivity index (χ2v) is 23.1. The third-order valence-corrected chi connectivity index (χ3v) is 18.5. The minimum atomic E-state index is -3.66. The summed E-state index contributed by atoms with van der Waals surface area (Å²) in [7, 11) is -7.25. The number of nitro benzene ring substituents is 2. The summed E-state index contributed by atoms with van der Waals surface area (Å²) in [5.41, 5.74) is 8.43. The first-order valence-corrected chi connectivity index (χ1v) is 26.7. The van der Waals surface area contributed by atoms with E-state index in [-0.39, 0.29) is 62.3 Å². The molecule has 0 radical (unpaired) electrons. The van der Waals surface area contributed by atoms with Gasteiger partial charge in [0, 0.05) is 100 Å². The minimum Gasteiger partial charge on any atom is -0.384 e. The molecular formula is C47H50N10O10S4. The van der Waals surface area contributed by atoms with Gasteiger partial charge in [0.1, 0.15) is 14.3 Å². The Kier molecular flexibility index (Phi) is 16.9. The van der Waals surface area contributed by atoms with E-state index < -0.39 is 35.8 Å². The van der Waals surface area contributed by atoms with Gasteiger partial charge in [-0.2, -0.15) is 8.61 Å². The van der Waals surface area contributed by atoms with E-state index in [1.807, 2.05) is 42.5 Å². The Balaban J connectivity index is 0.000000209. The van der Waals surface area contributed by atoms with Gasteiger partial charge in [0.15, 0.2) is 0 Å². The number of non-ortho nitro benzene ring substituents is 2. The van der Waals surface area contributed by atoms with Crippen LogP contribution in [-0.2, 0) is 33.1 Å². The van der Waals surface area contributed by atoms with Crippen molar-refractivity contribution in [3.05, 3.63) is 174 Å². The molecule has 2 saturated heterocycles. The van der Waals surface area contributed by atoms with E-state index in [1.165, 1.54) is 57.1 Å². The van der Waals surface area contributed by atoms with Crippen LogP contribution in [0.5, 0.6) is 0 Å². The summed E-state index contributed by atoms with van der Waals surface area (Å²) in [6.07, 6.45) is 2.70. The molecule has 0 unspecified atom stereocenters. The number of hydrogen-bond donors (Lipinski definition) is 6. The number of carbonyl (C=O) groups is 2. The minimum absolute atomic E-state index is 0.00852. The molecule has 2 aromatic heterocycles. The van der Waals surface area contributed by atoms with Gasteiger partial charge >= 0.3 is 0 Å². The Morgan fingerprint density at radius 2 is 0.986 bits per heavy atom. The maximum Gasteiger partial charge on any atom is 0.269 e. The fraction of sp³-hybridized carbons (Fsp3) is 0.255. The second-order valence-electron chi connectivity index (χ2n) is 16.4. The number of piperidine rings is 2. The SMILES string of the molecule is N=C(N)c1cccc(NC2CCN(S(=O)(=O)c3ccc(CNC(=O)c4ccc([N+](=O)[O-])cc4)s3)CC2)c1.O=C(NCc1ccc(S(=O)(=O)N2CCC(Nc3ccccc3)CC2)s1)c1ccc([N+](=O)[O-])cc1. The van der Waals surface area contributed by atoms with Crippen molar-refractivity contribution in [2.75, 3.05) is 36.8 Å². The lowest BCUT2D eigenvalue weighted by Gasteiger charge is -2.31. The Morgan fingerprint density at radius 3 is 1.39 bits per heavy atom. The molecule has 2 aliphatic rings. The second kappa shape index (κ2) is 23.2. The highest BCUT2D eigenvalue weighted by Crippen LogP contribution is 2.30. The lowest BCUT2D eigenvalue weighted by atomic mass is 10.1. The number of hydrogen-bond acceptors (Lipinski definition) is 15. The molecule has 7 N–H and O–H groups in total. The highest BCUT2D eigenvalue weighted by atomic mass is 32.3. The van der Waals surface area contributed by atoms with Gasteiger partial charge in [0.25, 0.3) is 43.2 Å². The van der Waals surface area contributed by atoms with Crippen molar-refractivity contribution >= 4 is 83.1 Å². The van der Waals surface area contributed by atoms with Gasteiger partial charge in [-0.15, -0.1) is 22.7 Å². The van der Waals surface area contributed by atoms with Crippen LogP contribution in [0.2, 0.25) is 0 Å². The van der Waals surface area contributed by atoms with Crippen LogP contribution < -0.4 is 27.0 Å². The first kappa shape index (κ1) is 51.8. The zero-order valence-electron chi connectivity index (χ0n) is 37.9. The molecule has 8 rings (SSSR count). The average Bonchev–Trinajstić information content (AvgIpc) is 4.08. The van der Waals surface area contributed by atoms with Gasteiger partial charge in [-0.25, -0.2) is 16.8 Å². The Hall–Kier alpha value is -7.09. The van der Waals surface area contributed by atoms with Crippen molar-refractivity contribution in [1.82, 2.24) is 19.2 Å². The summed E-state index contributed by atoms with van der Waals surface area (Å²) in [6, 6.07) is 34.5. The number of nitrogens with one attached hydrogen (secondary N) is 5. The molecule has 6 aromatic rings. The van der Waals surface area contributed by atoms with Crippen molar-refractivity contribution in [2.45, 2.75) is 59.3 Å². The molecule has 2 fully saturated rings. The average molecular weight is 1040 g/mol. The summed E-state index contributed by atoms with van der Waals surface area (Å²) < 4.78 is 56.0. The monoisotopic (exact) mass is 1040 g/mol. The van der Waals surface area contributed by atoms with Crippen LogP contribution in [0.3, 0.4) is 0 Å². The Bertz CT molecular complexity index is 3080. The Labute approximate surface area is 417 Å². The first-order valence-electron chi connectivity index (χ1n) is 22.2. The Morgan fingerprint density at radius 1 is 0.577 bits per heavy atom. The van der Waals surface area contributed by atoms with Crippen molar-refractivity contribution in [2.24, 2.45) is 5.73 Å². The molecule has 4 heterocycles. The topological polar surface area (TPSA) is 293 Å². The molecule has 20 nitrogen and oxygen atoms in total. The zero-order valence-corrected chi connectivity index (χ0v) is 41.2. The third kappa shape index (κ3) is 13.6. The molecule has 0 saturated carbocycles. The first-order chi connectivity index (χ1) is 34.0. The van der Waals surface area contributed by atoms with Crippen LogP contribution in [0.1, 0.15) is 61.7 Å². The number of anilines is 2. The summed E-state index contributed by atoms with van der Waals surface area (Å²) in [5, 5.41) is 41.3. The molecule has 24 heteroatoms. The van der Waals surface area contributed by atoms with Gasteiger partial charge < -0.3 is 27.0 Å². The number of nitrogen functional groups attached to an aromatic ring is 1. The molecule has 71 heavy (non-hydrogen) atoms. The number of rotatable bonds is 17. The number of sulfonamides is 2. The highest BCUT2D eigenvalue weighted by molar-refractivity contribution is 7.91. The van der Waals surface area contributed by atoms with Crippen molar-refractivity contribution in [3.63, 3.8) is 0 Å². The van der Waals surface area contributed by atoms with E-state index in [1.54, 1.807) is 36.4 Å². The quantitative estimate of drug-likeness (QED) is 0.0233. The van der Waals surface area contributed by atoms with Crippen molar-refractivity contribution in [3.8, 4) is 0 Å². The number of nitro groups is 2. The fourth-order valence-electron chi connectivity index (χ4n) is 7.71. The highest BCUT2D eigenvalue weighted by Gasteiger charge is 2.32. The van der Waals surface area contributed by atoms with Crippen LogP contribution in [-0.4, -0.2) is 91.2 Å². The van der Waals surface area contributed by atoms with E-state index in [0.717, 1.165) is 46.9 Å². The van der Waals surface area contributed by atoms with Crippen LogP contribution in [0.25, 0.3) is 0 Å². The molecular weight excluding hydrogens is 993 g/mol. The number of amidine groups is 1. The number of benzene rings is 4. The van der Waals surface area contributed by atoms with Crippen LogP contribution >= 0.6 is 22.7 Å². The van der Waals surface area contributed by atoms with Crippen LogP contribution in [0, 0.1) is 25.6 Å². The van der Waals surface area contributed by atoms with E-state index in [4.69, 9.17) is 11.1 Å². The third-order valence-electron chi connectivity index (χ3n) is 11.6. The number of nitrogens with zero attached hydrogens (tertiary/aromatic N) is 4. The maximum atomic E-state index is 13.2. The summed E-state index contributed by atoms with van der Waals surface area (Å²) >= 11 is 2.23. The fourth-order valence-corrected chi connectivity index (χ4v) is 13.5. The van der Waals surface area contributed by atoms with Gasteiger partial charge in [-0.1, -0.05) is 30.3 Å². The standard InChI is InChI=1S/C24H26N6O5S2.C23H24N4O5S2/c25-23(26)17-2-1-3-19(14-17)28-18-10-12-29(13-11-18)37(34,35)22-9-8-21(36-22)15-27-24(31)16-4-6-20(7-5-16)30(32)33;28-23(17-6-8-20(9-7-17)27(29)30)24-16-21-10-11-22(33-21)34(31,32)26-14-12-19(13-15-26)25-18-4-2-1-3-5-18/h1-9,14,18,28H,10-13,15H2,(H3,25,26)(H,27,31);1-11,19,25H,12-16H2,(H,24,28). The number of thiophene rings is 2. The summed E-state index contributed by atoms with van der Waals surface area (Å²) in [4.78, 5) is 46.4. The van der Waals surface area contributed by atoms with Crippen LogP contribution in [0.15, 0.2) is 136 Å². The lowest BCUT2D eigenvalue weighted by molar-refractivity contribution is -0.385. The van der Waals surface area contributed by atoms with Crippen molar-refractivity contribution < 1.29 is 36.3 Å².